The molecule has 1 unspecified atom stereocenters. The molecule has 122 valence electrons. The van der Waals surface area contributed by atoms with Crippen LogP contribution in [0.15, 0.2) is 54.6 Å². The highest BCUT2D eigenvalue weighted by atomic mass is 16.5. The third kappa shape index (κ3) is 5.42. The summed E-state index contributed by atoms with van der Waals surface area (Å²) in [4.78, 5) is 11.7. The first-order valence-corrected chi connectivity index (χ1v) is 7.80. The van der Waals surface area contributed by atoms with Crippen molar-refractivity contribution in [3.8, 4) is 5.75 Å². The predicted octanol–water partition coefficient (Wildman–Crippen LogP) is 3.64. The molecule has 0 heterocycles. The SMILES string of the molecule is CCCOC(=O)CC(O)c1ccccc1OCc1ccccc1. The van der Waals surface area contributed by atoms with Gasteiger partial charge in [0.15, 0.2) is 0 Å². The van der Waals surface area contributed by atoms with Crippen LogP contribution in [-0.2, 0) is 16.1 Å². The molecule has 0 amide bonds. The fourth-order valence-corrected chi connectivity index (χ4v) is 2.17. The molecule has 0 aliphatic carbocycles. The van der Waals surface area contributed by atoms with Gasteiger partial charge in [-0.05, 0) is 18.1 Å². The molecule has 2 aromatic carbocycles. The Bertz CT molecular complexity index is 610. The summed E-state index contributed by atoms with van der Waals surface area (Å²) >= 11 is 0. The Balaban J connectivity index is 2.00. The quantitative estimate of drug-likeness (QED) is 0.756. The Kier molecular flexibility index (Phi) is 6.63. The van der Waals surface area contributed by atoms with Crippen LogP contribution in [0.1, 0.15) is 37.0 Å². The lowest BCUT2D eigenvalue weighted by Gasteiger charge is -2.16. The largest absolute Gasteiger partial charge is 0.489 e. The summed E-state index contributed by atoms with van der Waals surface area (Å²) in [5.41, 5.74) is 1.64. The number of aliphatic hydroxyl groups excluding tert-OH is 1. The van der Waals surface area contributed by atoms with Crippen LogP contribution in [0.5, 0.6) is 5.75 Å². The van der Waals surface area contributed by atoms with Gasteiger partial charge < -0.3 is 14.6 Å². The maximum atomic E-state index is 11.7. The lowest BCUT2D eigenvalue weighted by atomic mass is 10.1. The number of esters is 1. The van der Waals surface area contributed by atoms with Crippen molar-refractivity contribution in [1.29, 1.82) is 0 Å². The summed E-state index contributed by atoms with van der Waals surface area (Å²) in [6.07, 6.45) is -0.254. The van der Waals surface area contributed by atoms with Crippen LogP contribution < -0.4 is 4.74 Å². The first-order chi connectivity index (χ1) is 11.2. The van der Waals surface area contributed by atoms with E-state index in [4.69, 9.17) is 9.47 Å². The zero-order chi connectivity index (χ0) is 16.5. The average Bonchev–Trinajstić information content (AvgIpc) is 2.59. The summed E-state index contributed by atoms with van der Waals surface area (Å²) in [7, 11) is 0. The number of carbonyl (C=O) groups is 1. The number of hydrogen-bond donors (Lipinski definition) is 1. The summed E-state index contributed by atoms with van der Waals surface area (Å²) in [6.45, 7) is 2.71. The van der Waals surface area contributed by atoms with E-state index in [0.717, 1.165) is 12.0 Å². The monoisotopic (exact) mass is 314 g/mol. The first kappa shape index (κ1) is 17.0. The smallest absolute Gasteiger partial charge is 0.308 e. The highest BCUT2D eigenvalue weighted by molar-refractivity contribution is 5.70. The van der Waals surface area contributed by atoms with Crippen LogP contribution >= 0.6 is 0 Å². The molecule has 0 radical (unpaired) electrons. The Morgan fingerprint density at radius 1 is 1.09 bits per heavy atom. The molecule has 1 N–H and O–H groups in total. The molecule has 4 heteroatoms. The topological polar surface area (TPSA) is 55.8 Å². The Morgan fingerprint density at radius 3 is 2.52 bits per heavy atom. The van der Waals surface area contributed by atoms with E-state index in [2.05, 4.69) is 0 Å². The average molecular weight is 314 g/mol. The number of ether oxygens (including phenoxy) is 2. The van der Waals surface area contributed by atoms with Crippen LogP contribution in [-0.4, -0.2) is 17.7 Å². The van der Waals surface area contributed by atoms with E-state index in [1.165, 1.54) is 0 Å². The molecule has 4 nitrogen and oxygen atoms in total. The summed E-state index contributed by atoms with van der Waals surface area (Å²) < 4.78 is 10.8. The van der Waals surface area contributed by atoms with Crippen molar-refractivity contribution in [2.75, 3.05) is 6.61 Å². The summed E-state index contributed by atoms with van der Waals surface area (Å²) in [5, 5.41) is 10.3. The molecule has 0 aliphatic heterocycles. The van der Waals surface area contributed by atoms with Crippen molar-refractivity contribution in [3.05, 3.63) is 65.7 Å². The third-order valence-corrected chi connectivity index (χ3v) is 3.34. The molecule has 0 aromatic heterocycles. The predicted molar refractivity (Wildman–Crippen MR) is 88.0 cm³/mol. The van der Waals surface area contributed by atoms with Crippen LogP contribution in [0, 0.1) is 0 Å². The molecule has 0 fully saturated rings. The van der Waals surface area contributed by atoms with E-state index in [9.17, 15) is 9.90 Å². The normalized spacial score (nSPS) is 11.7. The molecular weight excluding hydrogens is 292 g/mol. The number of benzene rings is 2. The van der Waals surface area contributed by atoms with Gasteiger partial charge in [-0.1, -0.05) is 55.5 Å². The van der Waals surface area contributed by atoms with E-state index in [1.807, 2.05) is 49.4 Å². The van der Waals surface area contributed by atoms with Crippen molar-refractivity contribution in [2.45, 2.75) is 32.5 Å². The van der Waals surface area contributed by atoms with Gasteiger partial charge in [0.25, 0.3) is 0 Å². The van der Waals surface area contributed by atoms with E-state index >= 15 is 0 Å². The van der Waals surface area contributed by atoms with Gasteiger partial charge in [0.1, 0.15) is 12.4 Å². The van der Waals surface area contributed by atoms with Gasteiger partial charge in [-0.15, -0.1) is 0 Å². The molecule has 0 saturated heterocycles. The van der Waals surface area contributed by atoms with Gasteiger partial charge >= 0.3 is 5.97 Å². The number of rotatable bonds is 8. The Hall–Kier alpha value is -2.33. The van der Waals surface area contributed by atoms with Gasteiger partial charge in [0, 0.05) is 5.56 Å². The van der Waals surface area contributed by atoms with Crippen molar-refractivity contribution < 1.29 is 19.4 Å². The minimum atomic E-state index is -0.939. The molecule has 2 aromatic rings. The van der Waals surface area contributed by atoms with Gasteiger partial charge in [0.2, 0.25) is 0 Å². The lowest BCUT2D eigenvalue weighted by Crippen LogP contribution is -2.12. The fourth-order valence-electron chi connectivity index (χ4n) is 2.17. The number of para-hydroxylation sites is 1. The molecule has 1 atom stereocenters. The number of aliphatic hydroxyl groups is 1. The van der Waals surface area contributed by atoms with Gasteiger partial charge in [-0.25, -0.2) is 0 Å². The minimum absolute atomic E-state index is 0.0777. The first-order valence-electron chi connectivity index (χ1n) is 7.80. The van der Waals surface area contributed by atoms with Gasteiger partial charge in [-0.2, -0.15) is 0 Å². The standard InChI is InChI=1S/C19H22O4/c1-2-12-22-19(21)13-17(20)16-10-6-7-11-18(16)23-14-15-8-4-3-5-9-15/h3-11,17,20H,2,12-14H2,1H3. The van der Waals surface area contributed by atoms with Crippen molar-refractivity contribution in [3.63, 3.8) is 0 Å². The highest BCUT2D eigenvalue weighted by Gasteiger charge is 2.18. The van der Waals surface area contributed by atoms with Crippen LogP contribution in [0.3, 0.4) is 0 Å². The Morgan fingerprint density at radius 2 is 1.78 bits per heavy atom. The molecular formula is C19H22O4. The second-order valence-corrected chi connectivity index (χ2v) is 5.25. The second-order valence-electron chi connectivity index (χ2n) is 5.25. The van der Waals surface area contributed by atoms with Crippen molar-refractivity contribution >= 4 is 5.97 Å². The summed E-state index contributed by atoms with van der Waals surface area (Å²) in [6, 6.07) is 17.0. The van der Waals surface area contributed by atoms with Gasteiger partial charge in [0.05, 0.1) is 19.1 Å². The molecule has 0 aliphatic rings. The minimum Gasteiger partial charge on any atom is -0.489 e. The zero-order valence-corrected chi connectivity index (χ0v) is 13.3. The third-order valence-electron chi connectivity index (χ3n) is 3.34. The van der Waals surface area contributed by atoms with E-state index in [0.29, 0.717) is 24.5 Å². The zero-order valence-electron chi connectivity index (χ0n) is 13.3. The second kappa shape index (κ2) is 8.96. The van der Waals surface area contributed by atoms with Crippen molar-refractivity contribution in [1.82, 2.24) is 0 Å². The molecule has 23 heavy (non-hydrogen) atoms. The maximum absolute atomic E-state index is 11.7. The van der Waals surface area contributed by atoms with Crippen molar-refractivity contribution in [2.24, 2.45) is 0 Å². The number of hydrogen-bond acceptors (Lipinski definition) is 4. The van der Waals surface area contributed by atoms with E-state index in [1.54, 1.807) is 12.1 Å². The summed E-state index contributed by atoms with van der Waals surface area (Å²) in [5.74, 6) is 0.171. The van der Waals surface area contributed by atoms with Gasteiger partial charge in [-0.3, -0.25) is 4.79 Å². The van der Waals surface area contributed by atoms with E-state index < -0.39 is 12.1 Å². The molecule has 0 bridgehead atoms. The number of carbonyl (C=O) groups excluding carboxylic acids is 1. The molecule has 0 spiro atoms. The van der Waals surface area contributed by atoms with Crippen LogP contribution in [0.2, 0.25) is 0 Å². The lowest BCUT2D eigenvalue weighted by molar-refractivity contribution is -0.146. The fraction of sp³-hybridized carbons (Fsp3) is 0.316. The Labute approximate surface area is 136 Å². The highest BCUT2D eigenvalue weighted by Crippen LogP contribution is 2.28. The molecule has 2 rings (SSSR count). The van der Waals surface area contributed by atoms with Crippen LogP contribution in [0.4, 0.5) is 0 Å². The maximum Gasteiger partial charge on any atom is 0.308 e. The van der Waals surface area contributed by atoms with E-state index in [-0.39, 0.29) is 6.42 Å². The molecule has 0 saturated carbocycles. The van der Waals surface area contributed by atoms with Crippen LogP contribution in [0.25, 0.3) is 0 Å².